The molecule has 2 fully saturated rings. The van der Waals surface area contributed by atoms with Gasteiger partial charge in [0.1, 0.15) is 5.57 Å². The van der Waals surface area contributed by atoms with Gasteiger partial charge >= 0.3 is 11.9 Å². The predicted octanol–water partition coefficient (Wildman–Crippen LogP) is 2.08. The molecule has 1 aromatic rings. The first-order valence-corrected chi connectivity index (χ1v) is 7.74. The number of nitro benzene ring substituents is 1. The van der Waals surface area contributed by atoms with Crippen molar-refractivity contribution in [2.45, 2.75) is 31.5 Å². The van der Waals surface area contributed by atoms with E-state index in [2.05, 4.69) is 0 Å². The van der Waals surface area contributed by atoms with Crippen LogP contribution in [0.3, 0.4) is 0 Å². The van der Waals surface area contributed by atoms with E-state index in [-0.39, 0.29) is 29.4 Å². The molecule has 1 spiro atoms. The quantitative estimate of drug-likeness (QED) is 0.263. The molecule has 9 nitrogen and oxygen atoms in total. The second-order valence-corrected chi connectivity index (χ2v) is 5.98. The topological polar surface area (TPSA) is 114 Å². The van der Waals surface area contributed by atoms with Gasteiger partial charge in [0, 0.05) is 12.8 Å². The maximum Gasteiger partial charge on any atom is 0.348 e. The first-order valence-electron chi connectivity index (χ1n) is 7.74. The summed E-state index contributed by atoms with van der Waals surface area (Å²) in [7, 11) is 0. The van der Waals surface area contributed by atoms with Crippen LogP contribution in [0.4, 0.5) is 5.69 Å². The van der Waals surface area contributed by atoms with Crippen molar-refractivity contribution in [3.05, 3.63) is 33.4 Å². The van der Waals surface area contributed by atoms with E-state index in [1.807, 2.05) is 0 Å². The molecule has 2 heterocycles. The molecule has 0 N–H and O–H groups in total. The van der Waals surface area contributed by atoms with E-state index >= 15 is 0 Å². The summed E-state index contributed by atoms with van der Waals surface area (Å²) >= 11 is 0. The molecule has 1 aromatic carbocycles. The number of rotatable bonds is 2. The van der Waals surface area contributed by atoms with Crippen LogP contribution in [0.5, 0.6) is 11.5 Å². The van der Waals surface area contributed by atoms with Gasteiger partial charge in [-0.05, 0) is 25.0 Å². The molecule has 0 radical (unpaired) electrons. The van der Waals surface area contributed by atoms with Crippen LogP contribution in [-0.4, -0.2) is 29.4 Å². The molecule has 0 bridgehead atoms. The van der Waals surface area contributed by atoms with Crippen LogP contribution in [-0.2, 0) is 19.1 Å². The summed E-state index contributed by atoms with van der Waals surface area (Å²) in [5, 5.41) is 11.3. The predicted molar refractivity (Wildman–Crippen MR) is 80.6 cm³/mol. The van der Waals surface area contributed by atoms with E-state index in [9.17, 15) is 19.7 Å². The molecule has 9 heteroatoms. The van der Waals surface area contributed by atoms with Crippen LogP contribution in [0.15, 0.2) is 17.7 Å². The first kappa shape index (κ1) is 15.4. The molecule has 4 rings (SSSR count). The van der Waals surface area contributed by atoms with Gasteiger partial charge in [-0.1, -0.05) is 0 Å². The summed E-state index contributed by atoms with van der Waals surface area (Å²) in [6.07, 6.45) is 3.61. The van der Waals surface area contributed by atoms with E-state index in [0.29, 0.717) is 18.6 Å². The van der Waals surface area contributed by atoms with Crippen molar-refractivity contribution in [1.82, 2.24) is 0 Å². The molecule has 130 valence electrons. The van der Waals surface area contributed by atoms with Crippen molar-refractivity contribution >= 4 is 23.7 Å². The summed E-state index contributed by atoms with van der Waals surface area (Å²) in [5.74, 6) is -2.35. The highest BCUT2D eigenvalue weighted by Gasteiger charge is 2.48. The molecule has 0 atom stereocenters. The van der Waals surface area contributed by atoms with Crippen molar-refractivity contribution in [1.29, 1.82) is 0 Å². The van der Waals surface area contributed by atoms with E-state index in [1.54, 1.807) is 0 Å². The van der Waals surface area contributed by atoms with Gasteiger partial charge in [-0.2, -0.15) is 0 Å². The summed E-state index contributed by atoms with van der Waals surface area (Å²) in [6.45, 7) is -0.0564. The Morgan fingerprint density at radius 1 is 1.04 bits per heavy atom. The largest absolute Gasteiger partial charge is 0.454 e. The molecular formula is C16H13NO8. The minimum Gasteiger partial charge on any atom is -0.454 e. The summed E-state index contributed by atoms with van der Waals surface area (Å²) in [6, 6.07) is 2.53. The Labute approximate surface area is 141 Å². The maximum absolute atomic E-state index is 12.3. The molecule has 2 aliphatic heterocycles. The number of carbonyl (C=O) groups excluding carboxylic acids is 2. The number of hydrogen-bond acceptors (Lipinski definition) is 8. The molecule has 0 unspecified atom stereocenters. The normalized spacial score (nSPS) is 20.4. The molecule has 1 aliphatic carbocycles. The van der Waals surface area contributed by atoms with Gasteiger partial charge in [0.15, 0.2) is 11.5 Å². The molecule has 0 amide bonds. The zero-order valence-electron chi connectivity index (χ0n) is 13.0. The Morgan fingerprint density at radius 2 is 1.64 bits per heavy atom. The fourth-order valence-corrected chi connectivity index (χ4v) is 3.16. The zero-order valence-corrected chi connectivity index (χ0v) is 13.0. The Balaban J connectivity index is 1.72. The molecule has 0 aromatic heterocycles. The lowest BCUT2D eigenvalue weighted by Crippen LogP contribution is -2.44. The van der Waals surface area contributed by atoms with Gasteiger partial charge in [-0.3, -0.25) is 10.1 Å². The Hall–Kier alpha value is -3.10. The third kappa shape index (κ3) is 2.57. The lowest BCUT2D eigenvalue weighted by atomic mass is 10.1. The number of benzene rings is 1. The second kappa shape index (κ2) is 5.47. The van der Waals surface area contributed by atoms with E-state index in [4.69, 9.17) is 18.9 Å². The lowest BCUT2D eigenvalue weighted by Gasteiger charge is -2.32. The molecular weight excluding hydrogens is 334 g/mol. The number of nitro groups is 1. The second-order valence-electron chi connectivity index (χ2n) is 5.98. The van der Waals surface area contributed by atoms with E-state index in [0.717, 1.165) is 18.9 Å². The van der Waals surface area contributed by atoms with Crippen molar-refractivity contribution in [2.75, 3.05) is 6.79 Å². The van der Waals surface area contributed by atoms with Crippen LogP contribution >= 0.6 is 0 Å². The van der Waals surface area contributed by atoms with Crippen molar-refractivity contribution in [2.24, 2.45) is 0 Å². The molecule has 25 heavy (non-hydrogen) atoms. The first-order chi connectivity index (χ1) is 12.0. The number of hydrogen-bond donors (Lipinski definition) is 0. The van der Waals surface area contributed by atoms with Crippen LogP contribution in [0, 0.1) is 10.1 Å². The fourth-order valence-electron chi connectivity index (χ4n) is 3.16. The molecule has 1 saturated heterocycles. The fraction of sp³-hybridized carbons (Fsp3) is 0.375. The van der Waals surface area contributed by atoms with Crippen LogP contribution < -0.4 is 9.47 Å². The van der Waals surface area contributed by atoms with Crippen LogP contribution in [0.2, 0.25) is 0 Å². The standard InChI is InChI=1S/C16H13NO8/c18-14-10(15(19)25-16(24-14)3-1-2-4-16)5-9-6-12-13(23-8-22-12)7-11(9)17(20)21/h5-7H,1-4,8H2. The van der Waals surface area contributed by atoms with Gasteiger partial charge in [0.25, 0.3) is 11.5 Å². The highest BCUT2D eigenvalue weighted by molar-refractivity contribution is 6.19. The third-order valence-corrected chi connectivity index (χ3v) is 4.38. The van der Waals surface area contributed by atoms with Gasteiger partial charge in [-0.25, -0.2) is 9.59 Å². The lowest BCUT2D eigenvalue weighted by molar-refractivity contribution is -0.385. The average Bonchev–Trinajstić information content (AvgIpc) is 3.19. The number of fused-ring (bicyclic) bond motifs is 1. The monoisotopic (exact) mass is 347 g/mol. The minimum atomic E-state index is -1.19. The van der Waals surface area contributed by atoms with E-state index in [1.165, 1.54) is 12.1 Å². The average molecular weight is 347 g/mol. The highest BCUT2D eigenvalue weighted by atomic mass is 16.7. The zero-order chi connectivity index (χ0) is 17.6. The molecule has 1 saturated carbocycles. The number of esters is 2. The maximum atomic E-state index is 12.3. The number of ether oxygens (including phenoxy) is 4. The van der Waals surface area contributed by atoms with Crippen molar-refractivity contribution in [3.8, 4) is 11.5 Å². The molecule has 3 aliphatic rings. The summed E-state index contributed by atoms with van der Waals surface area (Å²) in [5.41, 5.74) is -0.682. The van der Waals surface area contributed by atoms with Crippen molar-refractivity contribution in [3.63, 3.8) is 0 Å². The smallest absolute Gasteiger partial charge is 0.348 e. The Morgan fingerprint density at radius 3 is 2.24 bits per heavy atom. The number of nitrogens with zero attached hydrogens (tertiary/aromatic N) is 1. The van der Waals surface area contributed by atoms with Gasteiger partial charge in [0.2, 0.25) is 6.79 Å². The van der Waals surface area contributed by atoms with E-state index < -0.39 is 22.6 Å². The Kier molecular flexibility index (Phi) is 3.38. The van der Waals surface area contributed by atoms with Gasteiger partial charge < -0.3 is 18.9 Å². The SMILES string of the molecule is O=C1OC2(CCCC2)OC(=O)C1=Cc1cc2c(cc1[N+](=O)[O-])OCO2. The van der Waals surface area contributed by atoms with Crippen LogP contribution in [0.1, 0.15) is 31.2 Å². The third-order valence-electron chi connectivity index (χ3n) is 4.38. The number of carbonyl (C=O) groups is 2. The minimum absolute atomic E-state index is 0.0283. The summed E-state index contributed by atoms with van der Waals surface area (Å²) < 4.78 is 20.9. The van der Waals surface area contributed by atoms with Gasteiger partial charge in [-0.15, -0.1) is 0 Å². The van der Waals surface area contributed by atoms with Crippen molar-refractivity contribution < 1.29 is 33.5 Å². The highest BCUT2D eigenvalue weighted by Crippen LogP contribution is 2.41. The summed E-state index contributed by atoms with van der Waals surface area (Å²) in [4.78, 5) is 35.2. The Bertz CT molecular complexity index is 800. The van der Waals surface area contributed by atoms with Gasteiger partial charge in [0.05, 0.1) is 16.6 Å². The van der Waals surface area contributed by atoms with Crippen LogP contribution in [0.25, 0.3) is 6.08 Å².